The fourth-order valence-electron chi connectivity index (χ4n) is 2.64. The lowest BCUT2D eigenvalue weighted by atomic mass is 10.2. The van der Waals surface area contributed by atoms with Crippen LogP contribution in [0.2, 0.25) is 10.0 Å². The molecule has 0 unspecified atom stereocenters. The summed E-state index contributed by atoms with van der Waals surface area (Å²) in [6, 6.07) is 13.3. The predicted octanol–water partition coefficient (Wildman–Crippen LogP) is 5.39. The molecule has 0 aliphatic rings. The summed E-state index contributed by atoms with van der Waals surface area (Å²) in [5, 5.41) is 13.2. The highest BCUT2D eigenvalue weighted by atomic mass is 35.5. The summed E-state index contributed by atoms with van der Waals surface area (Å²) in [5.74, 6) is 1.21. The molecule has 0 aliphatic heterocycles. The average Bonchev–Trinajstić information content (AvgIpc) is 3.06. The molecule has 1 aromatic heterocycles. The van der Waals surface area contributed by atoms with Gasteiger partial charge >= 0.3 is 0 Å². The Morgan fingerprint density at radius 1 is 1.11 bits per heavy atom. The summed E-state index contributed by atoms with van der Waals surface area (Å²) in [6.45, 7) is 4.70. The van der Waals surface area contributed by atoms with Gasteiger partial charge in [-0.1, -0.05) is 58.7 Å². The number of benzene rings is 2. The molecule has 0 spiro atoms. The van der Waals surface area contributed by atoms with Crippen LogP contribution in [-0.2, 0) is 23.5 Å². The van der Waals surface area contributed by atoms with Crippen molar-refractivity contribution in [1.29, 1.82) is 0 Å². The number of nitrogens with one attached hydrogen (secondary N) is 1. The lowest BCUT2D eigenvalue weighted by Gasteiger charge is -2.08. The van der Waals surface area contributed by atoms with Crippen molar-refractivity contribution in [3.63, 3.8) is 0 Å². The molecule has 3 rings (SSSR count). The smallest absolute Gasteiger partial charge is 0.232 e. The summed E-state index contributed by atoms with van der Waals surface area (Å²) >= 11 is 13.6. The number of aryl methyl sites for hydroxylation is 1. The van der Waals surface area contributed by atoms with E-state index in [2.05, 4.69) is 15.5 Å². The van der Waals surface area contributed by atoms with E-state index >= 15 is 0 Å². The number of rotatable bonds is 7. The third-order valence-electron chi connectivity index (χ3n) is 4.12. The molecule has 1 heterocycles. The van der Waals surface area contributed by atoms with E-state index in [0.717, 1.165) is 22.0 Å². The van der Waals surface area contributed by atoms with E-state index in [1.165, 1.54) is 0 Å². The molecule has 0 saturated heterocycles. The number of halogens is 2. The van der Waals surface area contributed by atoms with E-state index in [9.17, 15) is 4.79 Å². The first-order valence-electron chi connectivity index (χ1n) is 8.81. The van der Waals surface area contributed by atoms with Crippen molar-refractivity contribution in [3.8, 4) is 0 Å². The maximum Gasteiger partial charge on any atom is 0.232 e. The minimum Gasteiger partial charge on any atom is -0.326 e. The van der Waals surface area contributed by atoms with E-state index in [1.807, 2.05) is 54.8 Å². The monoisotopic (exact) mass is 434 g/mol. The zero-order valence-electron chi connectivity index (χ0n) is 15.6. The van der Waals surface area contributed by atoms with Crippen LogP contribution in [0.15, 0.2) is 47.6 Å². The quantitative estimate of drug-likeness (QED) is 0.506. The zero-order chi connectivity index (χ0) is 20.1. The molecule has 3 aromatic rings. The van der Waals surface area contributed by atoms with Crippen LogP contribution >= 0.6 is 35.0 Å². The fraction of sp³-hybridized carbons (Fsp3) is 0.250. The minimum atomic E-state index is -0.119. The highest BCUT2D eigenvalue weighted by Crippen LogP contribution is 2.27. The number of nitrogens with zero attached hydrogens (tertiary/aromatic N) is 3. The van der Waals surface area contributed by atoms with Gasteiger partial charge in [-0.2, -0.15) is 0 Å². The molecule has 1 N–H and O–H groups in total. The van der Waals surface area contributed by atoms with Gasteiger partial charge in [0.2, 0.25) is 5.91 Å². The molecule has 1 amide bonds. The lowest BCUT2D eigenvalue weighted by Crippen LogP contribution is -2.17. The maximum absolute atomic E-state index is 12.4. The van der Waals surface area contributed by atoms with E-state index in [-0.39, 0.29) is 12.3 Å². The van der Waals surface area contributed by atoms with Crippen molar-refractivity contribution in [1.82, 2.24) is 14.8 Å². The lowest BCUT2D eigenvalue weighted by molar-refractivity contribution is -0.115. The molecule has 0 fully saturated rings. The van der Waals surface area contributed by atoms with E-state index in [0.29, 0.717) is 28.2 Å². The van der Waals surface area contributed by atoms with Gasteiger partial charge in [-0.3, -0.25) is 4.79 Å². The van der Waals surface area contributed by atoms with Gasteiger partial charge in [-0.05, 0) is 43.7 Å². The van der Waals surface area contributed by atoms with Gasteiger partial charge < -0.3 is 9.88 Å². The van der Waals surface area contributed by atoms with Crippen LogP contribution < -0.4 is 5.32 Å². The molecule has 5 nitrogen and oxygen atoms in total. The second kappa shape index (κ2) is 9.45. The topological polar surface area (TPSA) is 59.8 Å². The predicted molar refractivity (Wildman–Crippen MR) is 115 cm³/mol. The highest BCUT2D eigenvalue weighted by Gasteiger charge is 2.15. The van der Waals surface area contributed by atoms with Crippen LogP contribution in [0, 0.1) is 6.92 Å². The second-order valence-electron chi connectivity index (χ2n) is 6.27. The Kier molecular flexibility index (Phi) is 6.99. The highest BCUT2D eigenvalue weighted by molar-refractivity contribution is 7.98. The Morgan fingerprint density at radius 2 is 1.86 bits per heavy atom. The molecule has 28 heavy (non-hydrogen) atoms. The van der Waals surface area contributed by atoms with Crippen molar-refractivity contribution < 1.29 is 4.79 Å². The van der Waals surface area contributed by atoms with Crippen molar-refractivity contribution in [2.45, 2.75) is 37.7 Å². The number of hydrogen-bond donors (Lipinski definition) is 1. The van der Waals surface area contributed by atoms with Crippen LogP contribution in [0.4, 0.5) is 5.69 Å². The third kappa shape index (κ3) is 5.28. The summed E-state index contributed by atoms with van der Waals surface area (Å²) in [6.07, 6.45) is 0.169. The molecular formula is C20H20Cl2N4OS. The first-order chi connectivity index (χ1) is 13.5. The number of amides is 1. The number of anilines is 1. The normalized spacial score (nSPS) is 10.9. The van der Waals surface area contributed by atoms with Crippen LogP contribution in [0.5, 0.6) is 0 Å². The number of aromatic nitrogens is 3. The molecule has 2 aromatic carbocycles. The minimum absolute atomic E-state index is 0.119. The largest absolute Gasteiger partial charge is 0.326 e. The van der Waals surface area contributed by atoms with Gasteiger partial charge in [0.25, 0.3) is 0 Å². The SMILES string of the molecule is CCn1c(CC(=O)Nc2ccc(C)cc2)nnc1SCc1ccc(Cl)c(Cl)c1. The molecule has 0 radical (unpaired) electrons. The fourth-order valence-corrected chi connectivity index (χ4v) is 3.92. The van der Waals surface area contributed by atoms with E-state index in [4.69, 9.17) is 23.2 Å². The maximum atomic E-state index is 12.4. The van der Waals surface area contributed by atoms with Crippen molar-refractivity contribution in [2.75, 3.05) is 5.32 Å². The first kappa shape index (κ1) is 20.7. The Morgan fingerprint density at radius 3 is 2.54 bits per heavy atom. The van der Waals surface area contributed by atoms with Gasteiger partial charge in [0, 0.05) is 18.0 Å². The van der Waals surface area contributed by atoms with Gasteiger partial charge in [0.05, 0.1) is 16.5 Å². The molecule has 0 saturated carbocycles. The summed E-state index contributed by atoms with van der Waals surface area (Å²) < 4.78 is 1.96. The van der Waals surface area contributed by atoms with Crippen LogP contribution in [0.3, 0.4) is 0 Å². The van der Waals surface area contributed by atoms with E-state index in [1.54, 1.807) is 17.8 Å². The van der Waals surface area contributed by atoms with Gasteiger partial charge in [0.1, 0.15) is 5.82 Å². The molecule has 0 bridgehead atoms. The third-order valence-corrected chi connectivity index (χ3v) is 5.89. The number of carbonyl (C=O) groups is 1. The summed E-state index contributed by atoms with van der Waals surface area (Å²) in [4.78, 5) is 12.4. The Hall–Kier alpha value is -2.02. The van der Waals surface area contributed by atoms with Gasteiger partial charge in [-0.15, -0.1) is 10.2 Å². The van der Waals surface area contributed by atoms with E-state index < -0.39 is 0 Å². The molecular weight excluding hydrogens is 415 g/mol. The van der Waals surface area contributed by atoms with Gasteiger partial charge in [-0.25, -0.2) is 0 Å². The van der Waals surface area contributed by atoms with Gasteiger partial charge in [0.15, 0.2) is 5.16 Å². The van der Waals surface area contributed by atoms with Crippen LogP contribution in [-0.4, -0.2) is 20.7 Å². The Labute approximate surface area is 178 Å². The van der Waals surface area contributed by atoms with Crippen molar-refractivity contribution in [3.05, 3.63) is 69.5 Å². The van der Waals surface area contributed by atoms with Crippen molar-refractivity contribution >= 4 is 46.6 Å². The molecule has 146 valence electrons. The molecule has 0 aliphatic carbocycles. The standard InChI is InChI=1S/C20H20Cl2N4OS/c1-3-26-18(11-19(27)23-15-7-4-13(2)5-8-15)24-25-20(26)28-12-14-6-9-16(21)17(22)10-14/h4-10H,3,11-12H2,1-2H3,(H,23,27). The van der Waals surface area contributed by atoms with Crippen molar-refractivity contribution in [2.24, 2.45) is 0 Å². The number of thioether (sulfide) groups is 1. The molecule has 0 atom stereocenters. The average molecular weight is 435 g/mol. The van der Waals surface area contributed by atoms with Crippen LogP contribution in [0.1, 0.15) is 23.9 Å². The second-order valence-corrected chi connectivity index (χ2v) is 8.03. The Balaban J connectivity index is 1.64. The van der Waals surface area contributed by atoms with Crippen LogP contribution in [0.25, 0.3) is 0 Å². The molecule has 8 heteroatoms. The number of hydrogen-bond acceptors (Lipinski definition) is 4. The Bertz CT molecular complexity index is 973. The zero-order valence-corrected chi connectivity index (χ0v) is 17.9. The summed E-state index contributed by atoms with van der Waals surface area (Å²) in [5.41, 5.74) is 2.96. The summed E-state index contributed by atoms with van der Waals surface area (Å²) in [7, 11) is 0. The number of carbonyl (C=O) groups excluding carboxylic acids is 1. The first-order valence-corrected chi connectivity index (χ1v) is 10.6.